The zero-order valence-electron chi connectivity index (χ0n) is 13.5. The lowest BCUT2D eigenvalue weighted by Gasteiger charge is -2.22. The van der Waals surface area contributed by atoms with Crippen molar-refractivity contribution in [2.45, 2.75) is 25.4 Å². The van der Waals surface area contributed by atoms with Crippen molar-refractivity contribution in [2.75, 3.05) is 20.1 Å². The largest absolute Gasteiger partial charge is 0.336 e. The lowest BCUT2D eigenvalue weighted by atomic mass is 10.1. The molecule has 0 atom stereocenters. The maximum Gasteiger partial charge on any atom is 0.276 e. The molecule has 6 nitrogen and oxygen atoms in total. The Morgan fingerprint density at radius 2 is 2.00 bits per heavy atom. The van der Waals surface area contributed by atoms with Crippen molar-refractivity contribution in [3.8, 4) is 0 Å². The van der Waals surface area contributed by atoms with Gasteiger partial charge in [-0.05, 0) is 43.6 Å². The molecule has 2 aromatic rings. The molecule has 130 valence electrons. The summed E-state index contributed by atoms with van der Waals surface area (Å²) in [6, 6.07) is 6.42. The van der Waals surface area contributed by atoms with E-state index in [9.17, 15) is 9.18 Å². The minimum Gasteiger partial charge on any atom is -0.336 e. The van der Waals surface area contributed by atoms with Crippen molar-refractivity contribution in [1.82, 2.24) is 25.2 Å². The van der Waals surface area contributed by atoms with Gasteiger partial charge in [0.05, 0.1) is 12.2 Å². The fourth-order valence-electron chi connectivity index (χ4n) is 2.76. The lowest BCUT2D eigenvalue weighted by Crippen LogP contribution is -2.29. The number of hydrogen-bond donors (Lipinski definition) is 1. The highest BCUT2D eigenvalue weighted by Gasteiger charge is 2.20. The van der Waals surface area contributed by atoms with Crippen LogP contribution in [0.3, 0.4) is 0 Å². The van der Waals surface area contributed by atoms with Crippen molar-refractivity contribution < 1.29 is 9.18 Å². The van der Waals surface area contributed by atoms with Crippen molar-refractivity contribution in [3.05, 3.63) is 47.5 Å². The Morgan fingerprint density at radius 3 is 2.67 bits per heavy atom. The Bertz CT molecular complexity index is 669. The summed E-state index contributed by atoms with van der Waals surface area (Å²) in [6.07, 6.45) is 3.70. The molecule has 0 radical (unpaired) electrons. The van der Waals surface area contributed by atoms with E-state index < -0.39 is 0 Å². The quantitative estimate of drug-likeness (QED) is 0.913. The third-order valence-electron chi connectivity index (χ3n) is 4.09. The van der Waals surface area contributed by atoms with Crippen LogP contribution in [-0.4, -0.2) is 45.9 Å². The normalized spacial score (nSPS) is 14.9. The number of carbonyl (C=O) groups excluding carboxylic acids is 1. The van der Waals surface area contributed by atoms with Crippen molar-refractivity contribution in [2.24, 2.45) is 0 Å². The number of piperidine rings is 1. The summed E-state index contributed by atoms with van der Waals surface area (Å²) in [5.74, 6) is -0.470. The summed E-state index contributed by atoms with van der Waals surface area (Å²) in [4.78, 5) is 14.0. The van der Waals surface area contributed by atoms with Gasteiger partial charge >= 0.3 is 0 Å². The van der Waals surface area contributed by atoms with Crippen molar-refractivity contribution in [3.63, 3.8) is 0 Å². The second kappa shape index (κ2) is 8.21. The van der Waals surface area contributed by atoms with Gasteiger partial charge in [-0.1, -0.05) is 17.3 Å². The van der Waals surface area contributed by atoms with Crippen molar-refractivity contribution in [1.29, 1.82) is 0 Å². The summed E-state index contributed by atoms with van der Waals surface area (Å²) in [5.41, 5.74) is 1.21. The molecule has 1 fully saturated rings. The molecule has 0 spiro atoms. The number of carbonyl (C=O) groups is 1. The molecular formula is C16H21ClFN5O. The molecule has 0 saturated carbocycles. The van der Waals surface area contributed by atoms with Gasteiger partial charge in [0.25, 0.3) is 5.91 Å². The summed E-state index contributed by atoms with van der Waals surface area (Å²) < 4.78 is 14.7. The third-order valence-corrected chi connectivity index (χ3v) is 4.09. The number of benzene rings is 1. The van der Waals surface area contributed by atoms with Crippen LogP contribution < -0.4 is 5.32 Å². The minimum absolute atomic E-state index is 0. The Labute approximate surface area is 146 Å². The van der Waals surface area contributed by atoms with Gasteiger partial charge in [-0.25, -0.2) is 9.07 Å². The van der Waals surface area contributed by atoms with Gasteiger partial charge in [-0.2, -0.15) is 0 Å². The maximum atomic E-state index is 12.9. The first-order valence-electron chi connectivity index (χ1n) is 7.76. The molecular weight excluding hydrogens is 333 g/mol. The summed E-state index contributed by atoms with van der Waals surface area (Å²) in [7, 11) is 1.70. The summed E-state index contributed by atoms with van der Waals surface area (Å²) in [5, 5.41) is 11.4. The number of amides is 1. The molecule has 1 aromatic carbocycles. The maximum absolute atomic E-state index is 12.9. The van der Waals surface area contributed by atoms with Gasteiger partial charge in [0, 0.05) is 13.6 Å². The smallest absolute Gasteiger partial charge is 0.276 e. The van der Waals surface area contributed by atoms with E-state index in [1.54, 1.807) is 35.0 Å². The Kier molecular flexibility index (Phi) is 6.28. The molecule has 1 N–H and O–H groups in total. The number of hydrogen-bond acceptors (Lipinski definition) is 4. The molecule has 1 amide bonds. The van der Waals surface area contributed by atoms with Crippen LogP contribution in [0.15, 0.2) is 30.5 Å². The monoisotopic (exact) mass is 353 g/mol. The first-order chi connectivity index (χ1) is 11.1. The van der Waals surface area contributed by atoms with Gasteiger partial charge in [0.15, 0.2) is 5.69 Å². The Balaban J connectivity index is 0.00000208. The average molecular weight is 354 g/mol. The van der Waals surface area contributed by atoms with Gasteiger partial charge in [-0.3, -0.25) is 4.79 Å². The number of nitrogens with zero attached hydrogens (tertiary/aromatic N) is 4. The second-order valence-corrected chi connectivity index (χ2v) is 5.85. The molecule has 1 aromatic heterocycles. The predicted octanol–water partition coefficient (Wildman–Crippen LogP) is 2.04. The zero-order valence-corrected chi connectivity index (χ0v) is 14.3. The summed E-state index contributed by atoms with van der Waals surface area (Å²) >= 11 is 0. The number of rotatable bonds is 4. The fourth-order valence-corrected chi connectivity index (χ4v) is 2.76. The van der Waals surface area contributed by atoms with Crippen LogP contribution in [-0.2, 0) is 6.54 Å². The highest BCUT2D eigenvalue weighted by Crippen LogP contribution is 2.17. The van der Waals surface area contributed by atoms with Gasteiger partial charge in [-0.15, -0.1) is 17.5 Å². The topological polar surface area (TPSA) is 63.1 Å². The van der Waals surface area contributed by atoms with Crippen LogP contribution in [0.5, 0.6) is 0 Å². The highest BCUT2D eigenvalue weighted by atomic mass is 35.5. The second-order valence-electron chi connectivity index (χ2n) is 5.85. The van der Waals surface area contributed by atoms with Crippen LogP contribution in [0, 0.1) is 5.82 Å². The molecule has 3 rings (SSSR count). The predicted molar refractivity (Wildman–Crippen MR) is 90.6 cm³/mol. The molecule has 2 heterocycles. The first kappa shape index (κ1) is 18.4. The molecule has 1 saturated heterocycles. The highest BCUT2D eigenvalue weighted by molar-refractivity contribution is 5.91. The van der Waals surface area contributed by atoms with Crippen LogP contribution in [0.25, 0.3) is 0 Å². The SMILES string of the molecule is CN(Cc1ccc(F)cc1)C(=O)c1cn(C2CCNCC2)nn1.Cl. The van der Waals surface area contributed by atoms with Crippen LogP contribution in [0.1, 0.15) is 34.9 Å². The van der Waals surface area contributed by atoms with E-state index in [1.165, 1.54) is 12.1 Å². The molecule has 8 heteroatoms. The number of aromatic nitrogens is 3. The average Bonchev–Trinajstić information content (AvgIpc) is 3.07. The van der Waals surface area contributed by atoms with Gasteiger partial charge < -0.3 is 10.2 Å². The number of nitrogens with one attached hydrogen (secondary N) is 1. The van der Waals surface area contributed by atoms with E-state index in [4.69, 9.17) is 0 Å². The molecule has 24 heavy (non-hydrogen) atoms. The zero-order chi connectivity index (χ0) is 16.2. The fraction of sp³-hybridized carbons (Fsp3) is 0.438. The van der Waals surface area contributed by atoms with E-state index in [-0.39, 0.29) is 24.1 Å². The van der Waals surface area contributed by atoms with E-state index in [1.807, 2.05) is 0 Å². The van der Waals surface area contributed by atoms with E-state index >= 15 is 0 Å². The number of halogens is 2. The lowest BCUT2D eigenvalue weighted by molar-refractivity contribution is 0.0779. The summed E-state index contributed by atoms with van der Waals surface area (Å²) in [6.45, 7) is 2.32. The molecule has 0 bridgehead atoms. The van der Waals surface area contributed by atoms with Gasteiger partial charge in [0.1, 0.15) is 5.82 Å². The van der Waals surface area contributed by atoms with Gasteiger partial charge in [0.2, 0.25) is 0 Å². The van der Waals surface area contributed by atoms with Crippen LogP contribution in [0.2, 0.25) is 0 Å². The molecule has 0 aliphatic carbocycles. The minimum atomic E-state index is -0.285. The molecule has 0 unspecified atom stereocenters. The first-order valence-corrected chi connectivity index (χ1v) is 7.76. The molecule has 1 aliphatic rings. The van der Waals surface area contributed by atoms with E-state index in [0.717, 1.165) is 31.5 Å². The Morgan fingerprint density at radius 1 is 1.33 bits per heavy atom. The standard InChI is InChI=1S/C16H20FN5O.ClH/c1-21(10-12-2-4-13(17)5-3-12)16(23)15-11-22(20-19-15)14-6-8-18-9-7-14;/h2-5,11,14,18H,6-10H2,1H3;1H. The van der Waals surface area contributed by atoms with E-state index in [0.29, 0.717) is 18.3 Å². The third kappa shape index (κ3) is 4.30. The van der Waals surface area contributed by atoms with Crippen LogP contribution >= 0.6 is 12.4 Å². The van der Waals surface area contributed by atoms with Crippen molar-refractivity contribution >= 4 is 18.3 Å². The van der Waals surface area contributed by atoms with Crippen LogP contribution in [0.4, 0.5) is 4.39 Å². The Hall–Kier alpha value is -1.99. The molecule has 1 aliphatic heterocycles. The van der Waals surface area contributed by atoms with E-state index in [2.05, 4.69) is 15.6 Å².